The maximum Gasteiger partial charge on any atom is 0.235 e. The van der Waals surface area contributed by atoms with Crippen LogP contribution in [0, 0.1) is 5.92 Å². The molecule has 0 heterocycles. The molecule has 1 atom stereocenters. The molecule has 0 aliphatic heterocycles. The van der Waals surface area contributed by atoms with Crippen LogP contribution in [0.15, 0.2) is 0 Å². The molecule has 0 rings (SSSR count). The van der Waals surface area contributed by atoms with E-state index < -0.39 is 0 Å². The summed E-state index contributed by atoms with van der Waals surface area (Å²) in [5, 5.41) is -0.148. The first kappa shape index (κ1) is 11.8. The highest BCUT2D eigenvalue weighted by molar-refractivity contribution is 7.81. The van der Waals surface area contributed by atoms with Crippen molar-refractivity contribution >= 4 is 18.5 Å². The second-order valence-electron chi connectivity index (χ2n) is 3.20. The maximum absolute atomic E-state index is 11.6. The third-order valence-electron chi connectivity index (χ3n) is 1.96. The van der Waals surface area contributed by atoms with Gasteiger partial charge in [0, 0.05) is 13.1 Å². The van der Waals surface area contributed by atoms with Crippen molar-refractivity contribution in [2.45, 2.75) is 32.9 Å². The van der Waals surface area contributed by atoms with Crippen LogP contribution in [0.25, 0.3) is 0 Å². The van der Waals surface area contributed by atoms with E-state index in [-0.39, 0.29) is 11.2 Å². The molecule has 1 amide bonds. The van der Waals surface area contributed by atoms with Crippen LogP contribution in [0.3, 0.4) is 0 Å². The van der Waals surface area contributed by atoms with Gasteiger partial charge < -0.3 is 4.90 Å². The number of hydrogen-bond donors (Lipinski definition) is 1. The Balaban J connectivity index is 4.16. The molecule has 0 radical (unpaired) electrons. The predicted molar refractivity (Wildman–Crippen MR) is 55.5 cm³/mol. The van der Waals surface area contributed by atoms with Gasteiger partial charge in [0.25, 0.3) is 0 Å². The van der Waals surface area contributed by atoms with Gasteiger partial charge in [-0.05, 0) is 19.8 Å². The normalized spacial score (nSPS) is 13.2. The second kappa shape index (κ2) is 5.46. The van der Waals surface area contributed by atoms with Gasteiger partial charge in [-0.25, -0.2) is 0 Å². The number of carbonyl (C=O) groups excluding carboxylic acids is 1. The van der Waals surface area contributed by atoms with Crippen molar-refractivity contribution in [3.8, 4) is 0 Å². The number of rotatable bonds is 4. The van der Waals surface area contributed by atoms with Gasteiger partial charge in [0.05, 0.1) is 5.25 Å². The summed E-state index contributed by atoms with van der Waals surface area (Å²) in [4.78, 5) is 13.4. The molecule has 72 valence electrons. The van der Waals surface area contributed by atoms with Gasteiger partial charge in [0.2, 0.25) is 5.91 Å². The van der Waals surface area contributed by atoms with Crippen molar-refractivity contribution in [2.75, 3.05) is 13.1 Å². The molecule has 3 heteroatoms. The number of carbonyl (C=O) groups is 1. The van der Waals surface area contributed by atoms with E-state index in [1.54, 1.807) is 0 Å². The van der Waals surface area contributed by atoms with Crippen LogP contribution < -0.4 is 0 Å². The lowest BCUT2D eigenvalue weighted by Gasteiger charge is -2.24. The summed E-state index contributed by atoms with van der Waals surface area (Å²) in [6.45, 7) is 9.56. The lowest BCUT2D eigenvalue weighted by molar-refractivity contribution is -0.130. The quantitative estimate of drug-likeness (QED) is 0.669. The van der Waals surface area contributed by atoms with E-state index in [0.717, 1.165) is 13.1 Å². The summed E-state index contributed by atoms with van der Waals surface area (Å²) in [6, 6.07) is 0. The summed E-state index contributed by atoms with van der Waals surface area (Å²) in [5.41, 5.74) is 0. The van der Waals surface area contributed by atoms with Gasteiger partial charge in [-0.1, -0.05) is 13.8 Å². The summed E-state index contributed by atoms with van der Waals surface area (Å²) in [7, 11) is 0. The van der Waals surface area contributed by atoms with Gasteiger partial charge in [0.1, 0.15) is 0 Å². The Labute approximate surface area is 80.7 Å². The fraction of sp³-hybridized carbons (Fsp3) is 0.889. The molecule has 0 aromatic carbocycles. The average molecular weight is 189 g/mol. The molecule has 0 aromatic rings. The second-order valence-corrected chi connectivity index (χ2v) is 3.76. The van der Waals surface area contributed by atoms with Crippen LogP contribution in [0.5, 0.6) is 0 Å². The van der Waals surface area contributed by atoms with Gasteiger partial charge in [-0.15, -0.1) is 0 Å². The Bertz CT molecular complexity index is 139. The van der Waals surface area contributed by atoms with Gasteiger partial charge in [-0.2, -0.15) is 12.6 Å². The van der Waals surface area contributed by atoms with Crippen molar-refractivity contribution in [1.29, 1.82) is 0 Å². The Morgan fingerprint density at radius 1 is 1.33 bits per heavy atom. The first-order valence-electron chi connectivity index (χ1n) is 4.51. The molecule has 0 aliphatic carbocycles. The predicted octanol–water partition coefficient (Wildman–Crippen LogP) is 1.81. The maximum atomic E-state index is 11.6. The Kier molecular flexibility index (Phi) is 5.38. The highest BCUT2D eigenvalue weighted by atomic mass is 32.1. The fourth-order valence-electron chi connectivity index (χ4n) is 1.01. The molecular weight excluding hydrogens is 170 g/mol. The van der Waals surface area contributed by atoms with E-state index >= 15 is 0 Å². The first-order valence-corrected chi connectivity index (χ1v) is 5.03. The lowest BCUT2D eigenvalue weighted by atomic mass is 10.1. The summed E-state index contributed by atoms with van der Waals surface area (Å²) in [5.74, 6) is 0.458. The van der Waals surface area contributed by atoms with E-state index in [1.807, 2.05) is 32.6 Å². The minimum Gasteiger partial charge on any atom is -0.342 e. The minimum absolute atomic E-state index is 0.148. The first-order chi connectivity index (χ1) is 5.54. The van der Waals surface area contributed by atoms with E-state index in [4.69, 9.17) is 0 Å². The highest BCUT2D eigenvalue weighted by Crippen LogP contribution is 2.11. The summed E-state index contributed by atoms with van der Waals surface area (Å²) < 4.78 is 0. The Hall–Kier alpha value is -0.180. The van der Waals surface area contributed by atoms with Crippen LogP contribution in [0.2, 0.25) is 0 Å². The van der Waals surface area contributed by atoms with E-state index in [0.29, 0.717) is 5.92 Å². The van der Waals surface area contributed by atoms with Crippen molar-refractivity contribution < 1.29 is 4.79 Å². The van der Waals surface area contributed by atoms with Crippen LogP contribution in [-0.2, 0) is 4.79 Å². The number of nitrogens with zero attached hydrogens (tertiary/aromatic N) is 1. The van der Waals surface area contributed by atoms with Gasteiger partial charge in [0.15, 0.2) is 0 Å². The molecule has 0 N–H and O–H groups in total. The monoisotopic (exact) mass is 189 g/mol. The molecule has 1 unspecified atom stereocenters. The molecule has 12 heavy (non-hydrogen) atoms. The molecule has 0 fully saturated rings. The van der Waals surface area contributed by atoms with E-state index in [9.17, 15) is 4.79 Å². The number of thiol groups is 1. The summed E-state index contributed by atoms with van der Waals surface area (Å²) >= 11 is 4.28. The van der Waals surface area contributed by atoms with Crippen molar-refractivity contribution in [1.82, 2.24) is 4.90 Å². The molecular formula is C9H19NOS. The molecule has 0 saturated heterocycles. The third-order valence-corrected chi connectivity index (χ3v) is 2.78. The van der Waals surface area contributed by atoms with Gasteiger partial charge >= 0.3 is 0 Å². The van der Waals surface area contributed by atoms with Crippen molar-refractivity contribution in [2.24, 2.45) is 5.92 Å². The standard InChI is InChI=1S/C9H19NOS/c1-5-10(6-2)9(11)8(12)7(3)4/h7-8,12H,5-6H2,1-4H3. The molecule has 2 nitrogen and oxygen atoms in total. The SMILES string of the molecule is CCN(CC)C(=O)C(S)C(C)C. The molecule has 0 spiro atoms. The topological polar surface area (TPSA) is 20.3 Å². The third kappa shape index (κ3) is 3.05. The van der Waals surface area contributed by atoms with Crippen LogP contribution in [0.1, 0.15) is 27.7 Å². The van der Waals surface area contributed by atoms with Gasteiger partial charge in [-0.3, -0.25) is 4.79 Å². The number of amides is 1. The van der Waals surface area contributed by atoms with E-state index in [1.165, 1.54) is 0 Å². The van der Waals surface area contributed by atoms with E-state index in [2.05, 4.69) is 12.6 Å². The zero-order chi connectivity index (χ0) is 9.72. The highest BCUT2D eigenvalue weighted by Gasteiger charge is 2.21. The zero-order valence-corrected chi connectivity index (χ0v) is 9.27. The van der Waals surface area contributed by atoms with Crippen molar-refractivity contribution in [3.63, 3.8) is 0 Å². The Morgan fingerprint density at radius 3 is 2.00 bits per heavy atom. The average Bonchev–Trinajstić information content (AvgIpc) is 2.05. The number of hydrogen-bond acceptors (Lipinski definition) is 2. The van der Waals surface area contributed by atoms with Crippen molar-refractivity contribution in [3.05, 3.63) is 0 Å². The molecule has 0 bridgehead atoms. The van der Waals surface area contributed by atoms with Crippen LogP contribution >= 0.6 is 12.6 Å². The molecule has 0 aromatic heterocycles. The smallest absolute Gasteiger partial charge is 0.235 e. The minimum atomic E-state index is -0.148. The summed E-state index contributed by atoms with van der Waals surface area (Å²) in [6.07, 6.45) is 0. The van der Waals surface area contributed by atoms with Crippen LogP contribution in [0.4, 0.5) is 0 Å². The zero-order valence-electron chi connectivity index (χ0n) is 8.37. The molecule has 0 saturated carbocycles. The fourth-order valence-corrected chi connectivity index (χ4v) is 1.17. The van der Waals surface area contributed by atoms with Crippen LogP contribution in [-0.4, -0.2) is 29.1 Å². The lowest BCUT2D eigenvalue weighted by Crippen LogP contribution is -2.38. The largest absolute Gasteiger partial charge is 0.342 e. The Morgan fingerprint density at radius 2 is 1.75 bits per heavy atom. The molecule has 0 aliphatic rings.